The highest BCUT2D eigenvalue weighted by molar-refractivity contribution is 7.99. The van der Waals surface area contributed by atoms with E-state index in [2.05, 4.69) is 18.3 Å². The number of methoxy groups -OCH3 is 2. The Kier molecular flexibility index (Phi) is 9.30. The van der Waals surface area contributed by atoms with Crippen molar-refractivity contribution in [2.45, 2.75) is 25.8 Å². The Bertz CT molecular complexity index is 401. The second-order valence-corrected chi connectivity index (χ2v) is 5.92. The highest BCUT2D eigenvalue weighted by atomic mass is 32.2. The van der Waals surface area contributed by atoms with Gasteiger partial charge in [-0.25, -0.2) is 0 Å². The average molecular weight is 313 g/mol. The molecule has 0 fully saturated rings. The molecule has 1 rings (SSSR count). The van der Waals surface area contributed by atoms with Crippen molar-refractivity contribution in [2.75, 3.05) is 38.9 Å². The highest BCUT2D eigenvalue weighted by Crippen LogP contribution is 2.31. The zero-order valence-electron chi connectivity index (χ0n) is 13.2. The molecule has 0 saturated heterocycles. The number of aliphatic hydroxyl groups excluding tert-OH is 1. The smallest absolute Gasteiger partial charge is 0.127 e. The van der Waals surface area contributed by atoms with Gasteiger partial charge >= 0.3 is 0 Å². The van der Waals surface area contributed by atoms with Gasteiger partial charge < -0.3 is 19.9 Å². The molecule has 0 aliphatic heterocycles. The molecule has 0 aliphatic rings. The molecule has 0 bridgehead atoms. The first-order valence-corrected chi connectivity index (χ1v) is 8.56. The Hall–Kier alpha value is -0.910. The van der Waals surface area contributed by atoms with Gasteiger partial charge in [0.15, 0.2) is 0 Å². The summed E-state index contributed by atoms with van der Waals surface area (Å²) >= 11 is 1.85. The third kappa shape index (κ3) is 6.16. The lowest BCUT2D eigenvalue weighted by molar-refractivity contribution is 0.296. The molecule has 0 amide bonds. The first-order chi connectivity index (χ1) is 10.3. The SMILES string of the molecule is CCCNC(CSCCCO)c1ccc(OC)cc1OC. The van der Waals surface area contributed by atoms with E-state index in [1.54, 1.807) is 14.2 Å². The van der Waals surface area contributed by atoms with Gasteiger partial charge in [-0.15, -0.1) is 0 Å². The van der Waals surface area contributed by atoms with Crippen LogP contribution in [0.25, 0.3) is 0 Å². The van der Waals surface area contributed by atoms with Crippen molar-refractivity contribution in [1.29, 1.82) is 0 Å². The summed E-state index contributed by atoms with van der Waals surface area (Å²) in [5.41, 5.74) is 1.16. The number of benzene rings is 1. The minimum absolute atomic E-state index is 0.245. The van der Waals surface area contributed by atoms with Crippen molar-refractivity contribution in [3.63, 3.8) is 0 Å². The quantitative estimate of drug-likeness (QED) is 0.615. The minimum Gasteiger partial charge on any atom is -0.497 e. The van der Waals surface area contributed by atoms with Crippen LogP contribution in [0.4, 0.5) is 0 Å². The summed E-state index contributed by atoms with van der Waals surface area (Å²) in [7, 11) is 3.35. The van der Waals surface area contributed by atoms with E-state index in [-0.39, 0.29) is 12.6 Å². The molecule has 120 valence electrons. The molecule has 0 spiro atoms. The van der Waals surface area contributed by atoms with Crippen molar-refractivity contribution >= 4 is 11.8 Å². The van der Waals surface area contributed by atoms with Crippen LogP contribution in [0.5, 0.6) is 11.5 Å². The van der Waals surface area contributed by atoms with Crippen LogP contribution in [0.15, 0.2) is 18.2 Å². The van der Waals surface area contributed by atoms with Crippen LogP contribution in [0.3, 0.4) is 0 Å². The van der Waals surface area contributed by atoms with Gasteiger partial charge in [0, 0.05) is 30.0 Å². The van der Waals surface area contributed by atoms with Gasteiger partial charge in [0.25, 0.3) is 0 Å². The lowest BCUT2D eigenvalue weighted by Crippen LogP contribution is -2.24. The van der Waals surface area contributed by atoms with Crippen molar-refractivity contribution in [2.24, 2.45) is 0 Å². The fraction of sp³-hybridized carbons (Fsp3) is 0.625. The third-order valence-corrected chi connectivity index (χ3v) is 4.33. The van der Waals surface area contributed by atoms with Gasteiger partial charge in [0.05, 0.1) is 14.2 Å². The van der Waals surface area contributed by atoms with E-state index in [1.807, 2.05) is 23.9 Å². The Labute approximate surface area is 132 Å². The van der Waals surface area contributed by atoms with E-state index >= 15 is 0 Å². The molecule has 1 aromatic rings. The molecule has 1 atom stereocenters. The summed E-state index contributed by atoms with van der Waals surface area (Å²) in [6.45, 7) is 3.39. The molecule has 0 saturated carbocycles. The molecule has 0 aliphatic carbocycles. The summed E-state index contributed by atoms with van der Waals surface area (Å²) in [5.74, 6) is 3.59. The standard InChI is InChI=1S/C16H27NO3S/c1-4-8-17-15(12-21-10-5-9-18)14-7-6-13(19-2)11-16(14)20-3/h6-7,11,15,17-18H,4-5,8-10,12H2,1-3H3. The predicted molar refractivity (Wildman–Crippen MR) is 89.6 cm³/mol. The number of rotatable bonds is 11. The van der Waals surface area contributed by atoms with E-state index in [1.165, 1.54) is 0 Å². The maximum Gasteiger partial charge on any atom is 0.127 e. The van der Waals surface area contributed by atoms with Crippen LogP contribution in [0.2, 0.25) is 0 Å². The molecule has 5 heteroatoms. The molecule has 0 heterocycles. The minimum atomic E-state index is 0.245. The molecular formula is C16H27NO3S. The summed E-state index contributed by atoms with van der Waals surface area (Å²) in [5, 5.41) is 12.4. The van der Waals surface area contributed by atoms with Crippen molar-refractivity contribution in [1.82, 2.24) is 5.32 Å². The van der Waals surface area contributed by atoms with Gasteiger partial charge in [-0.3, -0.25) is 0 Å². The first-order valence-electron chi connectivity index (χ1n) is 7.40. The van der Waals surface area contributed by atoms with Gasteiger partial charge in [0.2, 0.25) is 0 Å². The van der Waals surface area contributed by atoms with Crippen molar-refractivity contribution in [3.05, 3.63) is 23.8 Å². The fourth-order valence-corrected chi connectivity index (χ4v) is 3.08. The number of nitrogens with one attached hydrogen (secondary N) is 1. The molecular weight excluding hydrogens is 286 g/mol. The van der Waals surface area contributed by atoms with Gasteiger partial charge in [-0.2, -0.15) is 11.8 Å². The Morgan fingerprint density at radius 3 is 2.71 bits per heavy atom. The maximum atomic E-state index is 8.87. The first kappa shape index (κ1) is 18.1. The molecule has 21 heavy (non-hydrogen) atoms. The molecule has 4 nitrogen and oxygen atoms in total. The lowest BCUT2D eigenvalue weighted by Gasteiger charge is -2.21. The summed E-state index contributed by atoms with van der Waals surface area (Å²) in [4.78, 5) is 0. The Balaban J connectivity index is 2.80. The topological polar surface area (TPSA) is 50.7 Å². The fourth-order valence-electron chi connectivity index (χ4n) is 2.05. The zero-order valence-corrected chi connectivity index (χ0v) is 14.0. The number of ether oxygens (including phenoxy) is 2. The largest absolute Gasteiger partial charge is 0.497 e. The van der Waals surface area contributed by atoms with Gasteiger partial charge in [-0.1, -0.05) is 13.0 Å². The monoisotopic (exact) mass is 313 g/mol. The van der Waals surface area contributed by atoms with E-state index in [0.29, 0.717) is 0 Å². The molecule has 1 aromatic carbocycles. The van der Waals surface area contributed by atoms with Gasteiger partial charge in [0.1, 0.15) is 11.5 Å². The lowest BCUT2D eigenvalue weighted by atomic mass is 10.1. The van der Waals surface area contributed by atoms with E-state index in [9.17, 15) is 0 Å². The number of hydrogen-bond donors (Lipinski definition) is 2. The average Bonchev–Trinajstić information content (AvgIpc) is 2.53. The van der Waals surface area contributed by atoms with Crippen LogP contribution >= 0.6 is 11.8 Å². The molecule has 1 unspecified atom stereocenters. The molecule has 2 N–H and O–H groups in total. The van der Waals surface area contributed by atoms with Crippen LogP contribution < -0.4 is 14.8 Å². The molecule has 0 aromatic heterocycles. The van der Waals surface area contributed by atoms with Crippen LogP contribution in [0.1, 0.15) is 31.4 Å². The van der Waals surface area contributed by atoms with Crippen molar-refractivity contribution in [3.8, 4) is 11.5 Å². The predicted octanol–water partition coefficient (Wildman–Crippen LogP) is 2.86. The summed E-state index contributed by atoms with van der Waals surface area (Å²) in [6.07, 6.45) is 1.93. The third-order valence-electron chi connectivity index (χ3n) is 3.19. The van der Waals surface area contributed by atoms with Gasteiger partial charge in [-0.05, 0) is 31.2 Å². The second-order valence-electron chi connectivity index (χ2n) is 4.77. The van der Waals surface area contributed by atoms with Crippen LogP contribution in [0, 0.1) is 0 Å². The Morgan fingerprint density at radius 2 is 2.10 bits per heavy atom. The molecule has 0 radical (unpaired) electrons. The number of aliphatic hydroxyl groups is 1. The number of hydrogen-bond acceptors (Lipinski definition) is 5. The second kappa shape index (κ2) is 10.8. The summed E-state index contributed by atoms with van der Waals surface area (Å²) < 4.78 is 10.8. The zero-order chi connectivity index (χ0) is 15.5. The van der Waals surface area contributed by atoms with Crippen LogP contribution in [-0.4, -0.2) is 44.0 Å². The summed E-state index contributed by atoms with van der Waals surface area (Å²) in [6, 6.07) is 6.21. The highest BCUT2D eigenvalue weighted by Gasteiger charge is 2.16. The van der Waals surface area contributed by atoms with Crippen LogP contribution in [-0.2, 0) is 0 Å². The normalized spacial score (nSPS) is 12.2. The Morgan fingerprint density at radius 1 is 1.29 bits per heavy atom. The maximum absolute atomic E-state index is 8.87. The van der Waals surface area contributed by atoms with E-state index in [4.69, 9.17) is 14.6 Å². The van der Waals surface area contributed by atoms with E-state index < -0.39 is 0 Å². The number of thioether (sulfide) groups is 1. The van der Waals surface area contributed by atoms with E-state index in [0.717, 1.165) is 48.0 Å². The van der Waals surface area contributed by atoms with Crippen molar-refractivity contribution < 1.29 is 14.6 Å².